The van der Waals surface area contributed by atoms with E-state index in [1.54, 1.807) is 18.2 Å². The molecular weight excluding hydrogens is 551 g/mol. The molecular formula is C39H59FO4. The van der Waals surface area contributed by atoms with Gasteiger partial charge in [0, 0.05) is 0 Å². The number of halogens is 1. The average molecular weight is 611 g/mol. The zero-order valence-corrected chi connectivity index (χ0v) is 27.8. The first kappa shape index (κ1) is 35.9. The van der Waals surface area contributed by atoms with Crippen molar-refractivity contribution < 1.29 is 23.4 Å². The third-order valence-corrected chi connectivity index (χ3v) is 9.19. The second kappa shape index (κ2) is 22.0. The Kier molecular flexibility index (Phi) is 18.0. The molecule has 246 valence electrons. The Morgan fingerprint density at radius 1 is 0.659 bits per heavy atom. The highest BCUT2D eigenvalue weighted by Crippen LogP contribution is 2.36. The maximum Gasteiger partial charge on any atom is 0.343 e. The minimum Gasteiger partial charge on any atom is -0.494 e. The lowest BCUT2D eigenvalue weighted by Crippen LogP contribution is -2.20. The van der Waals surface area contributed by atoms with Gasteiger partial charge in [0.2, 0.25) is 0 Å². The van der Waals surface area contributed by atoms with Crippen LogP contribution in [0.25, 0.3) is 0 Å². The van der Waals surface area contributed by atoms with Gasteiger partial charge in [-0.15, -0.1) is 0 Å². The van der Waals surface area contributed by atoms with E-state index in [2.05, 4.69) is 13.8 Å². The van der Waals surface area contributed by atoms with E-state index < -0.39 is 11.8 Å². The molecule has 3 rings (SSSR count). The smallest absolute Gasteiger partial charge is 0.343 e. The molecule has 2 aromatic carbocycles. The minimum absolute atomic E-state index is 0.157. The second-order valence-corrected chi connectivity index (χ2v) is 12.8. The fourth-order valence-corrected chi connectivity index (χ4v) is 6.52. The summed E-state index contributed by atoms with van der Waals surface area (Å²) >= 11 is 0. The standard InChI is InChI=1S/C39H59FO4/c1-3-5-7-9-10-11-13-17-29-43-38-28-23-34(31-37(38)40)39(41)44-36-26-24-35(25-27-36)42-30-18-22-33-21-16-15-20-32(33)19-14-12-8-6-4-2/h23-28,31-33H,3-22,29-30H2,1-2H3. The lowest BCUT2D eigenvalue weighted by Gasteiger charge is -2.31. The number of esters is 1. The molecule has 1 fully saturated rings. The van der Waals surface area contributed by atoms with Crippen LogP contribution in [0.2, 0.25) is 0 Å². The molecule has 5 heteroatoms. The fraction of sp³-hybridized carbons (Fsp3) is 0.667. The molecule has 0 amide bonds. The summed E-state index contributed by atoms with van der Waals surface area (Å²) in [5, 5.41) is 0. The molecule has 2 aromatic rings. The van der Waals surface area contributed by atoms with Gasteiger partial charge in [-0.3, -0.25) is 0 Å². The molecule has 0 aliphatic heterocycles. The predicted molar refractivity (Wildman–Crippen MR) is 179 cm³/mol. The van der Waals surface area contributed by atoms with Crippen LogP contribution in [-0.4, -0.2) is 19.2 Å². The number of rotatable bonds is 23. The molecule has 0 saturated heterocycles. The molecule has 0 heterocycles. The van der Waals surface area contributed by atoms with Crippen molar-refractivity contribution >= 4 is 5.97 Å². The van der Waals surface area contributed by atoms with Crippen LogP contribution >= 0.6 is 0 Å². The monoisotopic (exact) mass is 610 g/mol. The Labute approximate surface area is 267 Å². The van der Waals surface area contributed by atoms with Crippen LogP contribution in [0.4, 0.5) is 4.39 Å². The van der Waals surface area contributed by atoms with Gasteiger partial charge in [0.15, 0.2) is 11.6 Å². The normalized spacial score (nSPS) is 16.5. The molecule has 2 atom stereocenters. The lowest BCUT2D eigenvalue weighted by molar-refractivity contribution is 0.0734. The number of unbranched alkanes of at least 4 members (excludes halogenated alkanes) is 11. The summed E-state index contributed by atoms with van der Waals surface area (Å²) in [6, 6.07) is 11.3. The Morgan fingerprint density at radius 2 is 1.20 bits per heavy atom. The summed E-state index contributed by atoms with van der Waals surface area (Å²) in [5.74, 6) is 1.95. The Balaban J connectivity index is 1.32. The molecule has 4 nitrogen and oxygen atoms in total. The molecule has 1 aliphatic carbocycles. The zero-order valence-electron chi connectivity index (χ0n) is 27.8. The topological polar surface area (TPSA) is 44.8 Å². The molecule has 1 saturated carbocycles. The van der Waals surface area contributed by atoms with Gasteiger partial charge in [-0.05, 0) is 73.6 Å². The number of ether oxygens (including phenoxy) is 3. The van der Waals surface area contributed by atoms with Crippen LogP contribution in [-0.2, 0) is 0 Å². The van der Waals surface area contributed by atoms with Crippen LogP contribution < -0.4 is 14.2 Å². The van der Waals surface area contributed by atoms with Gasteiger partial charge in [-0.1, -0.05) is 123 Å². The molecule has 0 radical (unpaired) electrons. The maximum absolute atomic E-state index is 14.6. The average Bonchev–Trinajstić information content (AvgIpc) is 3.04. The Bertz CT molecular complexity index is 1040. The van der Waals surface area contributed by atoms with E-state index in [1.165, 1.54) is 121 Å². The predicted octanol–water partition coefficient (Wildman–Crippen LogP) is 11.9. The number of carbonyl (C=O) groups is 1. The largest absolute Gasteiger partial charge is 0.494 e. The Hall–Kier alpha value is -2.56. The summed E-state index contributed by atoms with van der Waals surface area (Å²) in [4.78, 5) is 12.6. The van der Waals surface area contributed by atoms with E-state index in [4.69, 9.17) is 14.2 Å². The van der Waals surface area contributed by atoms with Crippen molar-refractivity contribution in [3.05, 3.63) is 53.8 Å². The summed E-state index contributed by atoms with van der Waals surface area (Å²) in [7, 11) is 0. The van der Waals surface area contributed by atoms with Crippen molar-refractivity contribution in [1.82, 2.24) is 0 Å². The van der Waals surface area contributed by atoms with Crippen molar-refractivity contribution in [3.8, 4) is 17.2 Å². The molecule has 44 heavy (non-hydrogen) atoms. The van der Waals surface area contributed by atoms with Gasteiger partial charge in [-0.25, -0.2) is 9.18 Å². The molecule has 0 spiro atoms. The van der Waals surface area contributed by atoms with Crippen LogP contribution in [0.15, 0.2) is 42.5 Å². The highest BCUT2D eigenvalue weighted by molar-refractivity contribution is 5.91. The quantitative estimate of drug-likeness (QED) is 0.0713. The van der Waals surface area contributed by atoms with E-state index >= 15 is 0 Å². The summed E-state index contributed by atoms with van der Waals surface area (Å²) in [6.45, 7) is 5.68. The molecule has 0 aromatic heterocycles. The first-order chi connectivity index (χ1) is 21.6. The van der Waals surface area contributed by atoms with E-state index in [0.717, 1.165) is 36.8 Å². The molecule has 2 unspecified atom stereocenters. The van der Waals surface area contributed by atoms with E-state index in [-0.39, 0.29) is 11.3 Å². The summed E-state index contributed by atoms with van der Waals surface area (Å²) < 4.78 is 31.7. The second-order valence-electron chi connectivity index (χ2n) is 12.8. The lowest BCUT2D eigenvalue weighted by atomic mass is 9.74. The third-order valence-electron chi connectivity index (χ3n) is 9.19. The van der Waals surface area contributed by atoms with E-state index in [0.29, 0.717) is 19.0 Å². The number of carbonyl (C=O) groups excluding carboxylic acids is 1. The third kappa shape index (κ3) is 14.0. The number of hydrogen-bond acceptors (Lipinski definition) is 4. The van der Waals surface area contributed by atoms with Crippen LogP contribution in [0.5, 0.6) is 17.2 Å². The molecule has 1 aliphatic rings. The summed E-state index contributed by atoms with van der Waals surface area (Å²) in [5.41, 5.74) is 0.157. The highest BCUT2D eigenvalue weighted by Gasteiger charge is 2.24. The first-order valence-corrected chi connectivity index (χ1v) is 18.0. The Morgan fingerprint density at radius 3 is 1.84 bits per heavy atom. The fourth-order valence-electron chi connectivity index (χ4n) is 6.52. The van der Waals surface area contributed by atoms with Gasteiger partial charge >= 0.3 is 5.97 Å². The SMILES string of the molecule is CCCCCCCCCCOc1ccc(C(=O)Oc2ccc(OCCCC3CCCCC3CCCCCCC)cc2)cc1F. The van der Waals surface area contributed by atoms with Gasteiger partial charge in [0.1, 0.15) is 11.5 Å². The highest BCUT2D eigenvalue weighted by atomic mass is 19.1. The maximum atomic E-state index is 14.6. The molecule has 0 bridgehead atoms. The van der Waals surface area contributed by atoms with Crippen LogP contribution in [0.1, 0.15) is 153 Å². The van der Waals surface area contributed by atoms with Crippen molar-refractivity contribution in [1.29, 1.82) is 0 Å². The zero-order chi connectivity index (χ0) is 31.2. The van der Waals surface area contributed by atoms with Crippen molar-refractivity contribution in [3.63, 3.8) is 0 Å². The molecule has 0 N–H and O–H groups in total. The van der Waals surface area contributed by atoms with Gasteiger partial charge in [0.05, 0.1) is 18.8 Å². The number of hydrogen-bond donors (Lipinski definition) is 0. The summed E-state index contributed by atoms with van der Waals surface area (Å²) in [6.07, 6.45) is 25.7. The minimum atomic E-state index is -0.598. The van der Waals surface area contributed by atoms with Gasteiger partial charge < -0.3 is 14.2 Å². The van der Waals surface area contributed by atoms with Crippen LogP contribution in [0.3, 0.4) is 0 Å². The van der Waals surface area contributed by atoms with Gasteiger partial charge in [-0.2, -0.15) is 0 Å². The number of benzene rings is 2. The van der Waals surface area contributed by atoms with Gasteiger partial charge in [0.25, 0.3) is 0 Å². The van der Waals surface area contributed by atoms with Crippen molar-refractivity contribution in [2.24, 2.45) is 11.8 Å². The van der Waals surface area contributed by atoms with Crippen LogP contribution in [0, 0.1) is 17.7 Å². The van der Waals surface area contributed by atoms with Crippen molar-refractivity contribution in [2.75, 3.05) is 13.2 Å². The van der Waals surface area contributed by atoms with Crippen molar-refractivity contribution in [2.45, 2.75) is 142 Å². The van der Waals surface area contributed by atoms with E-state index in [9.17, 15) is 9.18 Å². The first-order valence-electron chi connectivity index (χ1n) is 18.0. The van der Waals surface area contributed by atoms with E-state index in [1.807, 2.05) is 12.1 Å².